The van der Waals surface area contributed by atoms with Crippen LogP contribution in [0.25, 0.3) is 0 Å². The van der Waals surface area contributed by atoms with E-state index in [1.165, 1.54) is 0 Å². The average molecular weight is 315 g/mol. The van der Waals surface area contributed by atoms with Crippen molar-refractivity contribution >= 4 is 34.5 Å². The van der Waals surface area contributed by atoms with Crippen molar-refractivity contribution < 1.29 is 9.53 Å². The number of halogens is 1. The molecular formula is C11H10INO2. The summed E-state index contributed by atoms with van der Waals surface area (Å²) >= 11 is 2.21. The lowest BCUT2D eigenvalue weighted by atomic mass is 10.1. The number of ether oxygens (including phenoxy) is 1. The van der Waals surface area contributed by atoms with Crippen LogP contribution in [0.5, 0.6) is 0 Å². The first-order valence-corrected chi connectivity index (χ1v) is 5.72. The van der Waals surface area contributed by atoms with Crippen LogP contribution in [0.15, 0.2) is 23.2 Å². The quantitative estimate of drug-likeness (QED) is 0.589. The van der Waals surface area contributed by atoms with Gasteiger partial charge in [-0.3, -0.25) is 0 Å². The molecule has 0 fully saturated rings. The van der Waals surface area contributed by atoms with Crippen molar-refractivity contribution in [3.63, 3.8) is 0 Å². The number of benzene rings is 1. The van der Waals surface area contributed by atoms with E-state index in [1.807, 2.05) is 25.1 Å². The molecule has 0 radical (unpaired) electrons. The fourth-order valence-electron chi connectivity index (χ4n) is 1.36. The molecule has 0 amide bonds. The van der Waals surface area contributed by atoms with E-state index in [9.17, 15) is 4.79 Å². The largest absolute Gasteiger partial charge is 0.406 e. The van der Waals surface area contributed by atoms with E-state index in [-0.39, 0.29) is 12.0 Å². The number of aliphatic imine (C=N–C) groups is 1. The number of cyclic esters (lactones) is 1. The van der Waals surface area contributed by atoms with Crippen LogP contribution in [0.3, 0.4) is 0 Å². The number of hydrogen-bond donors (Lipinski definition) is 0. The Bertz CT molecular complexity index is 454. The molecule has 0 bridgehead atoms. The molecule has 3 nitrogen and oxygen atoms in total. The van der Waals surface area contributed by atoms with Gasteiger partial charge in [-0.25, -0.2) is 9.79 Å². The second-order valence-corrected chi connectivity index (χ2v) is 4.68. The Morgan fingerprint density at radius 3 is 2.80 bits per heavy atom. The summed E-state index contributed by atoms with van der Waals surface area (Å²) in [4.78, 5) is 15.4. The molecule has 0 N–H and O–H groups in total. The zero-order chi connectivity index (χ0) is 11.0. The predicted octanol–water partition coefficient (Wildman–Crippen LogP) is 2.29. The SMILES string of the molecule is Cc1ccc(I)c(C2=NC(C)C(=O)O2)c1. The second-order valence-electron chi connectivity index (χ2n) is 3.51. The van der Waals surface area contributed by atoms with E-state index in [2.05, 4.69) is 27.6 Å². The monoisotopic (exact) mass is 315 g/mol. The smallest absolute Gasteiger partial charge is 0.337 e. The number of esters is 1. The van der Waals surface area contributed by atoms with E-state index in [0.717, 1.165) is 14.7 Å². The number of rotatable bonds is 1. The van der Waals surface area contributed by atoms with Crippen molar-refractivity contribution in [2.75, 3.05) is 0 Å². The minimum atomic E-state index is -0.378. The van der Waals surface area contributed by atoms with Gasteiger partial charge in [0.15, 0.2) is 0 Å². The van der Waals surface area contributed by atoms with Crippen LogP contribution in [0.1, 0.15) is 18.1 Å². The number of hydrogen-bond acceptors (Lipinski definition) is 3. The predicted molar refractivity (Wildman–Crippen MR) is 66.0 cm³/mol. The standard InChI is InChI=1S/C11H10INO2/c1-6-3-4-9(12)8(5-6)10-13-7(2)11(14)15-10/h3-5,7H,1-2H3. The Morgan fingerprint density at radius 1 is 1.47 bits per heavy atom. The van der Waals surface area contributed by atoms with Crippen LogP contribution >= 0.6 is 22.6 Å². The summed E-state index contributed by atoms with van der Waals surface area (Å²) < 4.78 is 6.14. The maximum Gasteiger partial charge on any atom is 0.337 e. The first-order valence-electron chi connectivity index (χ1n) is 4.64. The average Bonchev–Trinajstić information content (AvgIpc) is 2.51. The Labute approximate surface area is 102 Å². The molecule has 0 aromatic heterocycles. The lowest BCUT2D eigenvalue weighted by Crippen LogP contribution is -2.11. The number of carbonyl (C=O) groups is 1. The molecule has 1 aliphatic rings. The molecule has 1 aromatic rings. The number of aryl methyl sites for hydroxylation is 1. The molecule has 0 saturated heterocycles. The van der Waals surface area contributed by atoms with E-state index < -0.39 is 0 Å². The summed E-state index contributed by atoms with van der Waals surface area (Å²) in [5.74, 6) is 0.169. The molecule has 0 spiro atoms. The molecule has 0 aliphatic carbocycles. The third-order valence-corrected chi connectivity index (χ3v) is 3.14. The highest BCUT2D eigenvalue weighted by atomic mass is 127. The molecule has 78 valence electrons. The topological polar surface area (TPSA) is 38.7 Å². The van der Waals surface area contributed by atoms with Crippen molar-refractivity contribution in [3.05, 3.63) is 32.9 Å². The molecule has 2 rings (SSSR count). The second kappa shape index (κ2) is 3.92. The van der Waals surface area contributed by atoms with Gasteiger partial charge in [-0.2, -0.15) is 0 Å². The molecular weight excluding hydrogens is 305 g/mol. The molecule has 1 unspecified atom stereocenters. The summed E-state index contributed by atoms with van der Waals surface area (Å²) in [7, 11) is 0. The summed E-state index contributed by atoms with van der Waals surface area (Å²) in [5.41, 5.74) is 2.03. The highest BCUT2D eigenvalue weighted by molar-refractivity contribution is 14.1. The molecule has 1 atom stereocenters. The zero-order valence-corrected chi connectivity index (χ0v) is 10.6. The fourth-order valence-corrected chi connectivity index (χ4v) is 1.93. The van der Waals surface area contributed by atoms with Crippen LogP contribution in [0.4, 0.5) is 0 Å². The molecule has 1 aromatic carbocycles. The summed E-state index contributed by atoms with van der Waals surface area (Å²) in [6, 6.07) is 5.61. The van der Waals surface area contributed by atoms with Gasteiger partial charge in [0, 0.05) is 3.57 Å². The molecule has 4 heteroatoms. The van der Waals surface area contributed by atoms with E-state index >= 15 is 0 Å². The van der Waals surface area contributed by atoms with Gasteiger partial charge in [-0.1, -0.05) is 11.6 Å². The van der Waals surface area contributed by atoms with Crippen LogP contribution in [-0.4, -0.2) is 17.9 Å². The van der Waals surface area contributed by atoms with Crippen molar-refractivity contribution in [2.45, 2.75) is 19.9 Å². The van der Waals surface area contributed by atoms with Gasteiger partial charge in [-0.15, -0.1) is 0 Å². The minimum Gasteiger partial charge on any atom is -0.406 e. The summed E-state index contributed by atoms with van der Waals surface area (Å²) in [6.45, 7) is 3.73. The van der Waals surface area contributed by atoms with Crippen LogP contribution in [0.2, 0.25) is 0 Å². The van der Waals surface area contributed by atoms with Gasteiger partial charge in [-0.05, 0) is 48.6 Å². The van der Waals surface area contributed by atoms with E-state index in [0.29, 0.717) is 5.90 Å². The summed E-state index contributed by atoms with van der Waals surface area (Å²) in [5, 5.41) is 0. The fraction of sp³-hybridized carbons (Fsp3) is 0.273. The molecule has 0 saturated carbocycles. The maximum atomic E-state index is 11.2. The van der Waals surface area contributed by atoms with Crippen LogP contribution in [0, 0.1) is 10.5 Å². The van der Waals surface area contributed by atoms with Gasteiger partial charge < -0.3 is 4.74 Å². The molecule has 1 aliphatic heterocycles. The van der Waals surface area contributed by atoms with Gasteiger partial charge in [0.05, 0.1) is 5.56 Å². The summed E-state index contributed by atoms with van der Waals surface area (Å²) in [6.07, 6.45) is 0. The van der Waals surface area contributed by atoms with Crippen LogP contribution in [-0.2, 0) is 9.53 Å². The van der Waals surface area contributed by atoms with Gasteiger partial charge >= 0.3 is 5.97 Å². The Hall–Kier alpha value is -0.910. The van der Waals surface area contributed by atoms with Crippen molar-refractivity contribution in [1.82, 2.24) is 0 Å². The molecule has 1 heterocycles. The highest BCUT2D eigenvalue weighted by Crippen LogP contribution is 2.19. The number of carbonyl (C=O) groups excluding carboxylic acids is 1. The van der Waals surface area contributed by atoms with Gasteiger partial charge in [0.1, 0.15) is 6.04 Å². The van der Waals surface area contributed by atoms with E-state index in [4.69, 9.17) is 4.74 Å². The van der Waals surface area contributed by atoms with Crippen molar-refractivity contribution in [1.29, 1.82) is 0 Å². The van der Waals surface area contributed by atoms with Crippen molar-refractivity contribution in [2.24, 2.45) is 4.99 Å². The Morgan fingerprint density at radius 2 is 2.20 bits per heavy atom. The Kier molecular flexibility index (Phi) is 2.77. The number of nitrogens with zero attached hydrogens (tertiary/aromatic N) is 1. The first-order chi connectivity index (χ1) is 7.08. The van der Waals surface area contributed by atoms with Crippen LogP contribution < -0.4 is 0 Å². The normalized spacial score (nSPS) is 20.1. The third kappa shape index (κ3) is 2.04. The van der Waals surface area contributed by atoms with Gasteiger partial charge in [0.2, 0.25) is 5.90 Å². The van der Waals surface area contributed by atoms with Crippen molar-refractivity contribution in [3.8, 4) is 0 Å². The minimum absolute atomic E-state index is 0.276. The van der Waals surface area contributed by atoms with Gasteiger partial charge in [0.25, 0.3) is 0 Å². The lowest BCUT2D eigenvalue weighted by molar-refractivity contribution is -0.134. The lowest BCUT2D eigenvalue weighted by Gasteiger charge is -2.04. The highest BCUT2D eigenvalue weighted by Gasteiger charge is 2.26. The Balaban J connectivity index is 2.43. The molecule has 15 heavy (non-hydrogen) atoms. The maximum absolute atomic E-state index is 11.2. The zero-order valence-electron chi connectivity index (χ0n) is 8.45. The van der Waals surface area contributed by atoms with E-state index in [1.54, 1.807) is 6.92 Å². The third-order valence-electron chi connectivity index (χ3n) is 2.20. The first kappa shape index (κ1) is 10.6.